The summed E-state index contributed by atoms with van der Waals surface area (Å²) in [5.74, 6) is 2.33. The van der Waals surface area contributed by atoms with Crippen molar-refractivity contribution in [3.63, 3.8) is 0 Å². The van der Waals surface area contributed by atoms with E-state index in [0.29, 0.717) is 13.0 Å². The summed E-state index contributed by atoms with van der Waals surface area (Å²) in [4.78, 5) is 26.4. The molecule has 2 amide bonds. The fourth-order valence-electron chi connectivity index (χ4n) is 3.29. The predicted octanol–water partition coefficient (Wildman–Crippen LogP) is 2.02. The van der Waals surface area contributed by atoms with Crippen LogP contribution in [0, 0.1) is 0 Å². The SMILES string of the molecule is O=C(CC1CSCCN1)NCc1ccc(C(=O)N2CCCCC2)cc1. The molecule has 0 saturated carbocycles. The first-order valence-electron chi connectivity index (χ1n) is 9.18. The quantitative estimate of drug-likeness (QED) is 0.842. The Morgan fingerprint density at radius 1 is 1.16 bits per heavy atom. The number of likely N-dealkylation sites (tertiary alicyclic amines) is 1. The second kappa shape index (κ2) is 9.25. The molecule has 2 fully saturated rings. The maximum absolute atomic E-state index is 12.4. The van der Waals surface area contributed by atoms with Crippen molar-refractivity contribution in [2.45, 2.75) is 38.3 Å². The highest BCUT2D eigenvalue weighted by Gasteiger charge is 2.18. The van der Waals surface area contributed by atoms with Crippen molar-refractivity contribution < 1.29 is 9.59 Å². The van der Waals surface area contributed by atoms with Crippen LogP contribution in [0.25, 0.3) is 0 Å². The van der Waals surface area contributed by atoms with Gasteiger partial charge < -0.3 is 15.5 Å². The Balaban J connectivity index is 1.45. The zero-order valence-electron chi connectivity index (χ0n) is 14.6. The number of nitrogens with zero attached hydrogens (tertiary/aromatic N) is 1. The maximum atomic E-state index is 12.4. The number of hydrogen-bond acceptors (Lipinski definition) is 4. The van der Waals surface area contributed by atoms with Gasteiger partial charge in [-0.2, -0.15) is 11.8 Å². The molecule has 1 atom stereocenters. The Hall–Kier alpha value is -1.53. The van der Waals surface area contributed by atoms with Crippen molar-refractivity contribution in [1.29, 1.82) is 0 Å². The third-order valence-electron chi connectivity index (χ3n) is 4.76. The molecule has 0 aliphatic carbocycles. The summed E-state index contributed by atoms with van der Waals surface area (Å²) in [6.45, 7) is 3.22. The van der Waals surface area contributed by atoms with Crippen molar-refractivity contribution in [2.24, 2.45) is 0 Å². The average Bonchev–Trinajstić information content (AvgIpc) is 2.68. The van der Waals surface area contributed by atoms with Crippen LogP contribution in [0.3, 0.4) is 0 Å². The topological polar surface area (TPSA) is 61.4 Å². The third kappa shape index (κ3) is 5.47. The average molecular weight is 362 g/mol. The minimum atomic E-state index is 0.0773. The molecule has 2 N–H and O–H groups in total. The van der Waals surface area contributed by atoms with Gasteiger partial charge in [0.05, 0.1) is 0 Å². The monoisotopic (exact) mass is 361 g/mol. The molecule has 25 heavy (non-hydrogen) atoms. The Bertz CT molecular complexity index is 579. The van der Waals surface area contributed by atoms with Crippen molar-refractivity contribution >= 4 is 23.6 Å². The lowest BCUT2D eigenvalue weighted by Crippen LogP contribution is -2.41. The number of rotatable bonds is 5. The summed E-state index contributed by atoms with van der Waals surface area (Å²) in [5, 5.41) is 6.35. The Kier molecular flexibility index (Phi) is 6.76. The first-order chi connectivity index (χ1) is 12.2. The molecular weight excluding hydrogens is 334 g/mol. The summed E-state index contributed by atoms with van der Waals surface area (Å²) >= 11 is 1.90. The van der Waals surface area contributed by atoms with Crippen LogP contribution in [0.4, 0.5) is 0 Å². The van der Waals surface area contributed by atoms with Crippen LogP contribution in [-0.2, 0) is 11.3 Å². The van der Waals surface area contributed by atoms with Crippen LogP contribution >= 0.6 is 11.8 Å². The number of benzene rings is 1. The normalized spacial score (nSPS) is 21.0. The fraction of sp³-hybridized carbons (Fsp3) is 0.579. The first kappa shape index (κ1) is 18.3. The molecule has 5 nitrogen and oxygen atoms in total. The molecule has 136 valence electrons. The minimum absolute atomic E-state index is 0.0773. The van der Waals surface area contributed by atoms with Gasteiger partial charge in [0.25, 0.3) is 5.91 Å². The van der Waals surface area contributed by atoms with Gasteiger partial charge in [0.1, 0.15) is 0 Å². The molecule has 2 aliphatic heterocycles. The zero-order chi connectivity index (χ0) is 17.5. The largest absolute Gasteiger partial charge is 0.352 e. The van der Waals surface area contributed by atoms with Crippen molar-refractivity contribution in [3.05, 3.63) is 35.4 Å². The molecule has 3 rings (SSSR count). The predicted molar refractivity (Wildman–Crippen MR) is 102 cm³/mol. The van der Waals surface area contributed by atoms with Gasteiger partial charge in [0.15, 0.2) is 0 Å². The lowest BCUT2D eigenvalue weighted by Gasteiger charge is -2.26. The van der Waals surface area contributed by atoms with Crippen LogP contribution in [0.5, 0.6) is 0 Å². The number of nitrogens with one attached hydrogen (secondary N) is 2. The summed E-state index contributed by atoms with van der Waals surface area (Å²) in [7, 11) is 0. The van der Waals surface area contributed by atoms with Crippen LogP contribution in [0.1, 0.15) is 41.6 Å². The molecule has 1 aromatic carbocycles. The third-order valence-corrected chi connectivity index (χ3v) is 5.89. The molecule has 0 spiro atoms. The van der Waals surface area contributed by atoms with Gasteiger partial charge in [0.2, 0.25) is 5.91 Å². The van der Waals surface area contributed by atoms with E-state index >= 15 is 0 Å². The minimum Gasteiger partial charge on any atom is -0.352 e. The lowest BCUT2D eigenvalue weighted by molar-refractivity contribution is -0.121. The van der Waals surface area contributed by atoms with Gasteiger partial charge >= 0.3 is 0 Å². The highest BCUT2D eigenvalue weighted by molar-refractivity contribution is 7.99. The van der Waals surface area contributed by atoms with E-state index in [1.165, 1.54) is 6.42 Å². The highest BCUT2D eigenvalue weighted by atomic mass is 32.2. The number of carbonyl (C=O) groups is 2. The van der Waals surface area contributed by atoms with Crippen LogP contribution in [0.15, 0.2) is 24.3 Å². The highest BCUT2D eigenvalue weighted by Crippen LogP contribution is 2.14. The van der Waals surface area contributed by atoms with Gasteiger partial charge in [0, 0.05) is 55.7 Å². The molecule has 1 aromatic rings. The number of amides is 2. The van der Waals surface area contributed by atoms with Crippen molar-refractivity contribution in [2.75, 3.05) is 31.1 Å². The molecule has 6 heteroatoms. The second-order valence-corrected chi connectivity index (χ2v) is 7.91. The molecule has 0 radical (unpaired) electrons. The Morgan fingerprint density at radius 3 is 2.60 bits per heavy atom. The second-order valence-electron chi connectivity index (χ2n) is 6.76. The van der Waals surface area contributed by atoms with Gasteiger partial charge in [-0.15, -0.1) is 0 Å². The van der Waals surface area contributed by atoms with Crippen LogP contribution < -0.4 is 10.6 Å². The van der Waals surface area contributed by atoms with Gasteiger partial charge in [-0.1, -0.05) is 12.1 Å². The van der Waals surface area contributed by atoms with Gasteiger partial charge in [-0.25, -0.2) is 0 Å². The van der Waals surface area contributed by atoms with E-state index in [1.807, 2.05) is 40.9 Å². The Labute approximate surface area is 153 Å². The molecule has 2 aliphatic rings. The van der Waals surface area contributed by atoms with E-state index < -0.39 is 0 Å². The summed E-state index contributed by atoms with van der Waals surface area (Å²) in [5.41, 5.74) is 1.76. The first-order valence-corrected chi connectivity index (χ1v) is 10.3. The van der Waals surface area contributed by atoms with Gasteiger partial charge in [-0.05, 0) is 37.0 Å². The van der Waals surface area contributed by atoms with Crippen molar-refractivity contribution in [3.8, 4) is 0 Å². The van der Waals surface area contributed by atoms with E-state index in [4.69, 9.17) is 0 Å². The number of carbonyl (C=O) groups excluding carboxylic acids is 2. The number of thioether (sulfide) groups is 1. The smallest absolute Gasteiger partial charge is 0.253 e. The fourth-order valence-corrected chi connectivity index (χ4v) is 4.24. The molecule has 0 aromatic heterocycles. The van der Waals surface area contributed by atoms with E-state index in [-0.39, 0.29) is 17.9 Å². The zero-order valence-corrected chi connectivity index (χ0v) is 15.4. The van der Waals surface area contributed by atoms with Crippen molar-refractivity contribution in [1.82, 2.24) is 15.5 Å². The van der Waals surface area contributed by atoms with E-state index in [0.717, 1.165) is 55.1 Å². The summed E-state index contributed by atoms with van der Waals surface area (Å²) in [6, 6.07) is 7.90. The molecule has 0 bridgehead atoms. The number of piperidine rings is 1. The van der Waals surface area contributed by atoms with Gasteiger partial charge in [-0.3, -0.25) is 9.59 Å². The lowest BCUT2D eigenvalue weighted by atomic mass is 10.1. The number of hydrogen-bond donors (Lipinski definition) is 2. The summed E-state index contributed by atoms with van der Waals surface area (Å²) < 4.78 is 0. The van der Waals surface area contributed by atoms with E-state index in [9.17, 15) is 9.59 Å². The molecule has 2 heterocycles. The summed E-state index contributed by atoms with van der Waals surface area (Å²) in [6.07, 6.45) is 3.95. The molecule has 2 saturated heterocycles. The van der Waals surface area contributed by atoms with E-state index in [1.54, 1.807) is 0 Å². The molecular formula is C19H27N3O2S. The molecule has 1 unspecified atom stereocenters. The standard InChI is InChI=1S/C19H27N3O2S/c23-18(12-17-14-25-11-8-20-17)21-13-15-4-6-16(7-5-15)19(24)22-9-2-1-3-10-22/h4-7,17,20H,1-3,8-14H2,(H,21,23). The Morgan fingerprint density at radius 2 is 1.92 bits per heavy atom. The van der Waals surface area contributed by atoms with Crippen LogP contribution in [0.2, 0.25) is 0 Å². The maximum Gasteiger partial charge on any atom is 0.253 e. The van der Waals surface area contributed by atoms with E-state index in [2.05, 4.69) is 10.6 Å². The van der Waals surface area contributed by atoms with Crippen LogP contribution in [-0.4, -0.2) is 53.9 Å².